The normalized spacial score (nSPS) is 15.3. The van der Waals surface area contributed by atoms with Crippen molar-refractivity contribution in [3.63, 3.8) is 0 Å². The second kappa shape index (κ2) is 11.1. The SMILES string of the molecule is C=C(Nc1cc(C(=C)S/C=C\C)ccc1N)c1ccc(N2CCC(O)(CNC=O)CC2)nc1. The van der Waals surface area contributed by atoms with E-state index in [9.17, 15) is 9.90 Å². The number of allylic oxidation sites excluding steroid dienone is 1. The van der Waals surface area contributed by atoms with Crippen molar-refractivity contribution in [2.24, 2.45) is 0 Å². The van der Waals surface area contributed by atoms with Gasteiger partial charge in [-0.05, 0) is 55.0 Å². The number of hydrogen-bond acceptors (Lipinski definition) is 7. The Labute approximate surface area is 199 Å². The van der Waals surface area contributed by atoms with E-state index in [2.05, 4.69) is 33.7 Å². The molecule has 0 spiro atoms. The van der Waals surface area contributed by atoms with E-state index in [-0.39, 0.29) is 6.54 Å². The number of hydrogen-bond donors (Lipinski definition) is 4. The number of carbonyl (C=O) groups excluding carboxylic acids is 1. The maximum atomic E-state index is 10.5. The standard InChI is InChI=1S/C25H31N5O2S/c1-4-13-33-19(3)20-5-7-22(26)23(14-20)29-18(2)21-6-8-24(28-15-21)30-11-9-25(32,10-12-30)16-27-17-31/h4-8,13-15,17,29,32H,2-3,9-12,16,26H2,1H3,(H,27,31)/b13-4-. The van der Waals surface area contributed by atoms with Gasteiger partial charge in [0.15, 0.2) is 0 Å². The molecule has 174 valence electrons. The first-order chi connectivity index (χ1) is 15.8. The lowest BCUT2D eigenvalue weighted by Gasteiger charge is -2.38. The summed E-state index contributed by atoms with van der Waals surface area (Å²) in [5, 5.41) is 18.4. The Morgan fingerprint density at radius 2 is 2.00 bits per heavy atom. The van der Waals surface area contributed by atoms with Crippen molar-refractivity contribution in [1.82, 2.24) is 10.3 Å². The molecule has 7 nitrogen and oxygen atoms in total. The van der Waals surface area contributed by atoms with Crippen LogP contribution in [0.3, 0.4) is 0 Å². The molecule has 3 rings (SSSR count). The Hall–Kier alpha value is -3.23. The molecule has 1 aliphatic rings. The van der Waals surface area contributed by atoms with Gasteiger partial charge in [-0.1, -0.05) is 37.1 Å². The zero-order chi connectivity index (χ0) is 23.8. The van der Waals surface area contributed by atoms with Crippen molar-refractivity contribution in [2.45, 2.75) is 25.4 Å². The molecule has 1 aliphatic heterocycles. The highest BCUT2D eigenvalue weighted by Gasteiger charge is 2.32. The van der Waals surface area contributed by atoms with E-state index in [1.807, 2.05) is 48.7 Å². The number of thioether (sulfide) groups is 1. The molecule has 1 amide bonds. The summed E-state index contributed by atoms with van der Waals surface area (Å²) in [6.45, 7) is 11.8. The Balaban J connectivity index is 1.63. The van der Waals surface area contributed by atoms with Crippen LogP contribution in [-0.4, -0.2) is 41.7 Å². The molecule has 1 aromatic heterocycles. The second-order valence-electron chi connectivity index (χ2n) is 8.03. The van der Waals surface area contributed by atoms with Crippen molar-refractivity contribution in [2.75, 3.05) is 35.6 Å². The lowest BCUT2D eigenvalue weighted by atomic mass is 9.91. The second-order valence-corrected chi connectivity index (χ2v) is 9.03. The summed E-state index contributed by atoms with van der Waals surface area (Å²) in [6, 6.07) is 9.69. The summed E-state index contributed by atoms with van der Waals surface area (Å²) in [6.07, 6.45) is 5.51. The summed E-state index contributed by atoms with van der Waals surface area (Å²) < 4.78 is 0. The van der Waals surface area contributed by atoms with Crippen molar-refractivity contribution in [3.05, 3.63) is 72.3 Å². The van der Waals surface area contributed by atoms with Gasteiger partial charge in [0, 0.05) is 42.0 Å². The van der Waals surface area contributed by atoms with Crippen LogP contribution in [0.25, 0.3) is 10.6 Å². The van der Waals surface area contributed by atoms with Gasteiger partial charge in [0.2, 0.25) is 6.41 Å². The number of nitrogens with two attached hydrogens (primary N) is 1. The lowest BCUT2D eigenvalue weighted by Crippen LogP contribution is -2.50. The molecule has 8 heteroatoms. The number of aromatic nitrogens is 1. The third-order valence-electron chi connectivity index (χ3n) is 5.64. The zero-order valence-electron chi connectivity index (χ0n) is 18.9. The van der Waals surface area contributed by atoms with Gasteiger partial charge in [0.25, 0.3) is 0 Å². The first kappa shape index (κ1) is 24.4. The maximum absolute atomic E-state index is 10.5. The van der Waals surface area contributed by atoms with Gasteiger partial charge in [-0.25, -0.2) is 4.98 Å². The van der Waals surface area contributed by atoms with Gasteiger partial charge in [0.05, 0.1) is 17.0 Å². The molecule has 1 aromatic carbocycles. The summed E-state index contributed by atoms with van der Waals surface area (Å²) in [5.74, 6) is 0.843. The quantitative estimate of drug-likeness (QED) is 0.310. The van der Waals surface area contributed by atoms with E-state index in [1.54, 1.807) is 18.0 Å². The highest BCUT2D eigenvalue weighted by atomic mass is 32.2. The van der Waals surface area contributed by atoms with Gasteiger partial charge in [-0.15, -0.1) is 0 Å². The number of rotatable bonds is 10. The largest absolute Gasteiger partial charge is 0.397 e. The summed E-state index contributed by atoms with van der Waals surface area (Å²) in [4.78, 5) is 18.2. The third kappa shape index (κ3) is 6.40. The monoisotopic (exact) mass is 465 g/mol. The molecule has 1 saturated heterocycles. The molecule has 0 atom stereocenters. The van der Waals surface area contributed by atoms with Crippen molar-refractivity contribution < 1.29 is 9.90 Å². The van der Waals surface area contributed by atoms with E-state index < -0.39 is 5.60 Å². The van der Waals surface area contributed by atoms with E-state index in [0.717, 1.165) is 27.5 Å². The molecule has 2 aromatic rings. The fraction of sp³-hybridized carbons (Fsp3) is 0.280. The fourth-order valence-corrected chi connectivity index (χ4v) is 4.17. The summed E-state index contributed by atoms with van der Waals surface area (Å²) >= 11 is 1.56. The molecule has 33 heavy (non-hydrogen) atoms. The van der Waals surface area contributed by atoms with Crippen LogP contribution in [0.5, 0.6) is 0 Å². The smallest absolute Gasteiger partial charge is 0.207 e. The molecule has 5 N–H and O–H groups in total. The molecular formula is C25H31N5O2S. The number of nitrogens with one attached hydrogen (secondary N) is 2. The van der Waals surface area contributed by atoms with Crippen molar-refractivity contribution in [1.29, 1.82) is 0 Å². The maximum Gasteiger partial charge on any atom is 0.207 e. The number of pyridine rings is 1. The number of aliphatic hydroxyl groups is 1. The number of anilines is 3. The predicted molar refractivity (Wildman–Crippen MR) is 140 cm³/mol. The Morgan fingerprint density at radius 3 is 2.64 bits per heavy atom. The van der Waals surface area contributed by atoms with Gasteiger partial charge >= 0.3 is 0 Å². The number of carbonyl (C=O) groups is 1. The summed E-state index contributed by atoms with van der Waals surface area (Å²) in [5.41, 5.74) is 9.24. The van der Waals surface area contributed by atoms with Crippen molar-refractivity contribution >= 4 is 46.0 Å². The van der Waals surface area contributed by atoms with Crippen molar-refractivity contribution in [3.8, 4) is 0 Å². The van der Waals surface area contributed by atoms with Crippen LogP contribution >= 0.6 is 11.8 Å². The van der Waals surface area contributed by atoms with Gasteiger partial charge in [0.1, 0.15) is 5.82 Å². The topological polar surface area (TPSA) is 104 Å². The minimum atomic E-state index is -0.860. The number of benzene rings is 1. The minimum Gasteiger partial charge on any atom is -0.397 e. The highest BCUT2D eigenvalue weighted by Crippen LogP contribution is 2.32. The summed E-state index contributed by atoms with van der Waals surface area (Å²) in [7, 11) is 0. The molecule has 0 bridgehead atoms. The van der Waals surface area contributed by atoms with Crippen LogP contribution in [0.4, 0.5) is 17.2 Å². The van der Waals surface area contributed by atoms with Crippen LogP contribution in [0.15, 0.2) is 61.2 Å². The van der Waals surface area contributed by atoms with Crippen LogP contribution in [0.1, 0.15) is 30.9 Å². The number of nitrogens with zero attached hydrogens (tertiary/aromatic N) is 2. The third-order valence-corrected chi connectivity index (χ3v) is 6.56. The first-order valence-electron chi connectivity index (χ1n) is 10.8. The lowest BCUT2D eigenvalue weighted by molar-refractivity contribution is -0.111. The molecule has 2 heterocycles. The average Bonchev–Trinajstić information content (AvgIpc) is 2.83. The molecule has 1 fully saturated rings. The van der Waals surface area contributed by atoms with Gasteiger partial charge < -0.3 is 26.4 Å². The Morgan fingerprint density at radius 1 is 1.27 bits per heavy atom. The van der Waals surface area contributed by atoms with Gasteiger partial charge in [-0.3, -0.25) is 4.79 Å². The molecule has 0 aliphatic carbocycles. The zero-order valence-corrected chi connectivity index (χ0v) is 19.7. The number of amides is 1. The van der Waals surface area contributed by atoms with Crippen LogP contribution in [-0.2, 0) is 4.79 Å². The van der Waals surface area contributed by atoms with Crippen LogP contribution in [0, 0.1) is 0 Å². The Bertz CT molecular complexity index is 1030. The van der Waals surface area contributed by atoms with Crippen LogP contribution < -0.4 is 21.3 Å². The van der Waals surface area contributed by atoms with E-state index in [4.69, 9.17) is 5.73 Å². The van der Waals surface area contributed by atoms with E-state index >= 15 is 0 Å². The number of nitrogen functional groups attached to an aromatic ring is 1. The molecule has 0 unspecified atom stereocenters. The van der Waals surface area contributed by atoms with Crippen LogP contribution in [0.2, 0.25) is 0 Å². The predicted octanol–water partition coefficient (Wildman–Crippen LogP) is 4.06. The highest BCUT2D eigenvalue weighted by molar-refractivity contribution is 8.10. The van der Waals surface area contributed by atoms with E-state index in [1.165, 1.54) is 0 Å². The first-order valence-corrected chi connectivity index (χ1v) is 11.7. The van der Waals surface area contributed by atoms with Gasteiger partial charge in [-0.2, -0.15) is 0 Å². The molecular weight excluding hydrogens is 434 g/mol. The fourth-order valence-electron chi connectivity index (χ4n) is 3.60. The van der Waals surface area contributed by atoms with E-state index in [0.29, 0.717) is 43.7 Å². The minimum absolute atomic E-state index is 0.272. The molecule has 0 saturated carbocycles. The molecule has 0 radical (unpaired) electrons. The number of piperidine rings is 1. The average molecular weight is 466 g/mol. The Kier molecular flexibility index (Phi) is 8.19.